The van der Waals surface area contributed by atoms with Crippen LogP contribution >= 0.6 is 15.9 Å². The molecule has 0 radical (unpaired) electrons. The minimum Gasteiger partial charge on any atom is -0.508 e. The maximum atomic E-state index is 9.38. The third kappa shape index (κ3) is 2.47. The second-order valence-corrected chi connectivity index (χ2v) is 4.71. The number of halogens is 1. The van der Waals surface area contributed by atoms with Crippen LogP contribution in [0.5, 0.6) is 5.75 Å². The molecule has 0 fully saturated rings. The fourth-order valence-electron chi connectivity index (χ4n) is 1.32. The van der Waals surface area contributed by atoms with E-state index in [4.69, 9.17) is 5.90 Å². The van der Waals surface area contributed by atoms with Gasteiger partial charge in [0.2, 0.25) is 0 Å². The molecule has 3 N–H and O–H groups in total. The van der Waals surface area contributed by atoms with Crippen LogP contribution in [0.3, 0.4) is 0 Å². The van der Waals surface area contributed by atoms with Gasteiger partial charge in [-0.25, -0.2) is 5.90 Å². The number of nitrogens with two attached hydrogens (primary N) is 1. The van der Waals surface area contributed by atoms with Crippen LogP contribution in [0.25, 0.3) is 0 Å². The van der Waals surface area contributed by atoms with Gasteiger partial charge in [0.15, 0.2) is 0 Å². The second-order valence-electron chi connectivity index (χ2n) is 3.86. The molecule has 0 aliphatic heterocycles. The van der Waals surface area contributed by atoms with Crippen LogP contribution in [-0.2, 0) is 10.3 Å². The highest BCUT2D eigenvalue weighted by Gasteiger charge is 2.23. The van der Waals surface area contributed by atoms with Crippen molar-refractivity contribution in [3.8, 4) is 5.75 Å². The minimum absolute atomic E-state index is 0.230. The van der Waals surface area contributed by atoms with Crippen molar-refractivity contribution in [1.29, 1.82) is 0 Å². The molecular formula is C10H14BrNO2. The monoisotopic (exact) mass is 259 g/mol. The summed E-state index contributed by atoms with van der Waals surface area (Å²) in [7, 11) is 0. The molecule has 0 aliphatic carbocycles. The topological polar surface area (TPSA) is 55.5 Å². The summed E-state index contributed by atoms with van der Waals surface area (Å²) >= 11 is 3.43. The predicted molar refractivity (Wildman–Crippen MR) is 59.0 cm³/mol. The average Bonchev–Trinajstić information content (AvgIpc) is 2.09. The van der Waals surface area contributed by atoms with Crippen molar-refractivity contribution in [2.45, 2.75) is 19.3 Å². The van der Waals surface area contributed by atoms with Crippen molar-refractivity contribution in [3.05, 3.63) is 28.2 Å². The molecule has 0 saturated heterocycles. The average molecular weight is 260 g/mol. The summed E-state index contributed by atoms with van der Waals surface area (Å²) < 4.78 is 0.942. The number of benzene rings is 1. The van der Waals surface area contributed by atoms with Crippen LogP contribution in [0.1, 0.15) is 19.4 Å². The van der Waals surface area contributed by atoms with Crippen molar-refractivity contribution >= 4 is 15.9 Å². The molecule has 3 nitrogen and oxygen atoms in total. The lowest BCUT2D eigenvalue weighted by Gasteiger charge is -2.25. The molecule has 0 amide bonds. The molecule has 0 saturated carbocycles. The SMILES string of the molecule is CC(C)(CON)c1cc(O)ccc1Br. The number of aromatic hydroxyl groups is 1. The molecule has 1 rings (SSSR count). The van der Waals surface area contributed by atoms with Gasteiger partial charge in [-0.05, 0) is 23.8 Å². The van der Waals surface area contributed by atoms with Gasteiger partial charge in [-0.3, -0.25) is 0 Å². The maximum absolute atomic E-state index is 9.38. The van der Waals surface area contributed by atoms with Gasteiger partial charge in [0.1, 0.15) is 5.75 Å². The van der Waals surface area contributed by atoms with E-state index in [2.05, 4.69) is 20.8 Å². The molecule has 0 aromatic heterocycles. The molecule has 4 heteroatoms. The van der Waals surface area contributed by atoms with E-state index in [-0.39, 0.29) is 11.2 Å². The Hall–Kier alpha value is -0.580. The van der Waals surface area contributed by atoms with Gasteiger partial charge in [0.25, 0.3) is 0 Å². The molecular weight excluding hydrogens is 246 g/mol. The normalized spacial score (nSPS) is 11.7. The molecule has 0 aliphatic rings. The van der Waals surface area contributed by atoms with Crippen LogP contribution in [0.4, 0.5) is 0 Å². The van der Waals surface area contributed by atoms with Gasteiger partial charge in [-0.1, -0.05) is 29.8 Å². The van der Waals surface area contributed by atoms with Crippen molar-refractivity contribution in [1.82, 2.24) is 0 Å². The van der Waals surface area contributed by atoms with Crippen LogP contribution in [0.2, 0.25) is 0 Å². The van der Waals surface area contributed by atoms with Crippen molar-refractivity contribution in [2.75, 3.05) is 6.61 Å². The molecule has 1 aromatic carbocycles. The van der Waals surface area contributed by atoms with E-state index in [0.717, 1.165) is 10.0 Å². The first-order chi connectivity index (χ1) is 6.47. The molecule has 78 valence electrons. The highest BCUT2D eigenvalue weighted by atomic mass is 79.9. The van der Waals surface area contributed by atoms with Gasteiger partial charge in [0.05, 0.1) is 6.61 Å². The number of hydrogen-bond donors (Lipinski definition) is 2. The Morgan fingerprint density at radius 3 is 2.71 bits per heavy atom. The third-order valence-corrected chi connectivity index (χ3v) is 2.81. The van der Waals surface area contributed by atoms with Gasteiger partial charge < -0.3 is 9.94 Å². The van der Waals surface area contributed by atoms with E-state index < -0.39 is 0 Å². The van der Waals surface area contributed by atoms with Gasteiger partial charge in [-0.15, -0.1) is 0 Å². The summed E-state index contributed by atoms with van der Waals surface area (Å²) in [5.74, 6) is 5.31. The lowest BCUT2D eigenvalue weighted by molar-refractivity contribution is 0.0961. The number of phenols is 1. The smallest absolute Gasteiger partial charge is 0.115 e. The molecule has 0 spiro atoms. The number of hydrogen-bond acceptors (Lipinski definition) is 3. The Bertz CT molecular complexity index is 326. The molecule has 0 atom stereocenters. The highest BCUT2D eigenvalue weighted by molar-refractivity contribution is 9.10. The van der Waals surface area contributed by atoms with Gasteiger partial charge in [0, 0.05) is 9.89 Å². The molecule has 0 unspecified atom stereocenters. The lowest BCUT2D eigenvalue weighted by atomic mass is 9.85. The summed E-state index contributed by atoms with van der Waals surface area (Å²) in [6.45, 7) is 4.40. The van der Waals surface area contributed by atoms with Crippen LogP contribution in [-0.4, -0.2) is 11.7 Å². The standard InChI is InChI=1S/C10H14BrNO2/c1-10(2,6-14-12)8-5-7(13)3-4-9(8)11/h3-5,13H,6,12H2,1-2H3. The van der Waals surface area contributed by atoms with E-state index in [1.165, 1.54) is 0 Å². The van der Waals surface area contributed by atoms with Crippen LogP contribution < -0.4 is 5.90 Å². The summed E-state index contributed by atoms with van der Waals surface area (Å²) in [4.78, 5) is 4.65. The fraction of sp³-hybridized carbons (Fsp3) is 0.400. The van der Waals surface area contributed by atoms with Crippen molar-refractivity contribution in [3.63, 3.8) is 0 Å². The number of phenolic OH excluding ortho intramolecular Hbond substituents is 1. The van der Waals surface area contributed by atoms with E-state index >= 15 is 0 Å². The minimum atomic E-state index is -0.230. The zero-order chi connectivity index (χ0) is 10.8. The first-order valence-corrected chi connectivity index (χ1v) is 5.07. The van der Waals surface area contributed by atoms with Gasteiger partial charge >= 0.3 is 0 Å². The van der Waals surface area contributed by atoms with Gasteiger partial charge in [-0.2, -0.15) is 0 Å². The van der Waals surface area contributed by atoms with Crippen molar-refractivity contribution in [2.24, 2.45) is 5.90 Å². The summed E-state index contributed by atoms with van der Waals surface area (Å²) in [6.07, 6.45) is 0. The fourth-order valence-corrected chi connectivity index (χ4v) is 2.10. The maximum Gasteiger partial charge on any atom is 0.115 e. The molecule has 14 heavy (non-hydrogen) atoms. The largest absolute Gasteiger partial charge is 0.508 e. The number of rotatable bonds is 3. The van der Waals surface area contributed by atoms with E-state index in [9.17, 15) is 5.11 Å². The molecule has 0 heterocycles. The zero-order valence-corrected chi connectivity index (χ0v) is 9.84. The Kier molecular flexibility index (Phi) is 3.53. The Morgan fingerprint density at radius 2 is 2.14 bits per heavy atom. The van der Waals surface area contributed by atoms with E-state index in [1.54, 1.807) is 12.1 Å². The third-order valence-electron chi connectivity index (χ3n) is 2.12. The Labute approximate surface area is 92.0 Å². The lowest BCUT2D eigenvalue weighted by Crippen LogP contribution is -2.26. The summed E-state index contributed by atoms with van der Waals surface area (Å²) in [5.41, 5.74) is 0.745. The second kappa shape index (κ2) is 4.29. The Morgan fingerprint density at radius 1 is 1.50 bits per heavy atom. The first kappa shape index (κ1) is 11.5. The Balaban J connectivity index is 3.10. The van der Waals surface area contributed by atoms with Crippen LogP contribution in [0.15, 0.2) is 22.7 Å². The summed E-state index contributed by atoms with van der Waals surface area (Å²) in [5, 5.41) is 9.38. The summed E-state index contributed by atoms with van der Waals surface area (Å²) in [6, 6.07) is 5.15. The predicted octanol–water partition coefficient (Wildman–Crippen LogP) is 2.32. The molecule has 0 bridgehead atoms. The highest BCUT2D eigenvalue weighted by Crippen LogP contribution is 2.32. The van der Waals surface area contributed by atoms with Crippen LogP contribution in [0, 0.1) is 0 Å². The quantitative estimate of drug-likeness (QED) is 0.820. The zero-order valence-electron chi connectivity index (χ0n) is 8.25. The van der Waals surface area contributed by atoms with E-state index in [0.29, 0.717) is 6.61 Å². The first-order valence-electron chi connectivity index (χ1n) is 4.28. The van der Waals surface area contributed by atoms with E-state index in [1.807, 2.05) is 19.9 Å². The molecule has 1 aromatic rings. The van der Waals surface area contributed by atoms with Crippen molar-refractivity contribution < 1.29 is 9.94 Å².